The molecule has 1 amide bonds. The number of thioether (sulfide) groups is 1. The molecule has 1 heterocycles. The highest BCUT2D eigenvalue weighted by Crippen LogP contribution is 2.35. The number of rotatable bonds is 10. The summed E-state index contributed by atoms with van der Waals surface area (Å²) in [6.07, 6.45) is 5.72. The minimum atomic E-state index is -0.168. The van der Waals surface area contributed by atoms with Gasteiger partial charge in [-0.3, -0.25) is 9.36 Å². The van der Waals surface area contributed by atoms with Crippen molar-refractivity contribution < 1.29 is 14.3 Å². The summed E-state index contributed by atoms with van der Waals surface area (Å²) in [5.74, 6) is 2.54. The largest absolute Gasteiger partial charge is 0.495 e. The van der Waals surface area contributed by atoms with Crippen LogP contribution in [0.1, 0.15) is 74.9 Å². The molecule has 204 valence electrons. The highest BCUT2D eigenvalue weighted by molar-refractivity contribution is 9.10. The van der Waals surface area contributed by atoms with Crippen LogP contribution in [-0.4, -0.2) is 33.5 Å². The average Bonchev–Trinajstić information content (AvgIpc) is 3.31. The van der Waals surface area contributed by atoms with Gasteiger partial charge in [-0.05, 0) is 67.1 Å². The van der Waals surface area contributed by atoms with E-state index in [2.05, 4.69) is 68.9 Å². The second-order valence-corrected chi connectivity index (χ2v) is 12.1. The summed E-state index contributed by atoms with van der Waals surface area (Å²) in [4.78, 5) is 12.8. The van der Waals surface area contributed by atoms with Crippen molar-refractivity contribution >= 4 is 50.9 Å². The third-order valence-corrected chi connectivity index (χ3v) is 8.75. The van der Waals surface area contributed by atoms with Gasteiger partial charge in [0.2, 0.25) is 5.91 Å². The standard InChI is InChI=1S/C28H34BrClN4O3S/c1-17(2)21-14-22(29)18(3)12-25(21)37-15-26-32-33-28(34(26)20-8-6-5-7-9-20)38-16-27(35)31-23-13-19(30)10-11-24(23)36-4/h10-14,17,20H,5-9,15-16H2,1-4H3,(H,31,35). The van der Waals surface area contributed by atoms with Crippen LogP contribution in [-0.2, 0) is 11.4 Å². The van der Waals surface area contributed by atoms with Crippen LogP contribution in [0.4, 0.5) is 5.69 Å². The molecule has 0 unspecified atom stereocenters. The van der Waals surface area contributed by atoms with Gasteiger partial charge in [0, 0.05) is 15.5 Å². The quantitative estimate of drug-likeness (QED) is 0.232. The van der Waals surface area contributed by atoms with Gasteiger partial charge in [0.1, 0.15) is 18.1 Å². The molecule has 4 rings (SSSR count). The molecule has 1 aliphatic rings. The predicted molar refractivity (Wildman–Crippen MR) is 157 cm³/mol. The summed E-state index contributed by atoms with van der Waals surface area (Å²) in [7, 11) is 1.56. The predicted octanol–water partition coefficient (Wildman–Crippen LogP) is 7.95. The Morgan fingerprint density at radius 1 is 1.18 bits per heavy atom. The summed E-state index contributed by atoms with van der Waals surface area (Å²) in [6, 6.07) is 9.64. The van der Waals surface area contributed by atoms with Crippen LogP contribution in [0, 0.1) is 6.92 Å². The molecule has 3 aromatic rings. The fourth-order valence-corrected chi connectivity index (χ4v) is 6.05. The highest BCUT2D eigenvalue weighted by Gasteiger charge is 2.24. The van der Waals surface area contributed by atoms with E-state index in [1.807, 2.05) is 0 Å². The monoisotopic (exact) mass is 620 g/mol. The maximum atomic E-state index is 12.8. The summed E-state index contributed by atoms with van der Waals surface area (Å²) in [6.45, 7) is 6.70. The number of amides is 1. The third-order valence-electron chi connectivity index (χ3n) is 6.71. The number of anilines is 1. The molecule has 1 aliphatic carbocycles. The van der Waals surface area contributed by atoms with E-state index in [0.717, 1.165) is 45.2 Å². The lowest BCUT2D eigenvalue weighted by molar-refractivity contribution is -0.113. The normalized spacial score (nSPS) is 14.1. The second kappa shape index (κ2) is 13.2. The van der Waals surface area contributed by atoms with Crippen molar-refractivity contribution in [2.24, 2.45) is 0 Å². The van der Waals surface area contributed by atoms with E-state index in [4.69, 9.17) is 21.1 Å². The Bertz CT molecular complexity index is 1280. The molecule has 0 spiro atoms. The Kier molecular flexibility index (Phi) is 10.0. The molecule has 2 aromatic carbocycles. The van der Waals surface area contributed by atoms with Crippen LogP contribution >= 0.6 is 39.3 Å². The smallest absolute Gasteiger partial charge is 0.234 e. The molecule has 38 heavy (non-hydrogen) atoms. The Hall–Kier alpha value is -2.23. The minimum Gasteiger partial charge on any atom is -0.495 e. The molecule has 0 atom stereocenters. The van der Waals surface area contributed by atoms with Crippen molar-refractivity contribution in [2.75, 3.05) is 18.2 Å². The van der Waals surface area contributed by atoms with Gasteiger partial charge < -0.3 is 14.8 Å². The molecule has 1 saturated carbocycles. The van der Waals surface area contributed by atoms with Crippen molar-refractivity contribution in [3.8, 4) is 11.5 Å². The first-order valence-electron chi connectivity index (χ1n) is 12.9. The lowest BCUT2D eigenvalue weighted by Gasteiger charge is -2.25. The molecule has 0 radical (unpaired) electrons. The Morgan fingerprint density at radius 3 is 2.66 bits per heavy atom. The molecule has 0 aliphatic heterocycles. The van der Waals surface area contributed by atoms with E-state index in [1.54, 1.807) is 25.3 Å². The fourth-order valence-electron chi connectivity index (χ4n) is 4.69. The van der Waals surface area contributed by atoms with E-state index in [1.165, 1.54) is 31.0 Å². The zero-order chi connectivity index (χ0) is 27.2. The van der Waals surface area contributed by atoms with Crippen LogP contribution in [0.5, 0.6) is 11.5 Å². The van der Waals surface area contributed by atoms with Gasteiger partial charge in [0.05, 0.1) is 18.6 Å². The average molecular weight is 622 g/mol. The third kappa shape index (κ3) is 7.04. The molecule has 0 saturated heterocycles. The van der Waals surface area contributed by atoms with Crippen molar-refractivity contribution in [2.45, 2.75) is 76.6 Å². The summed E-state index contributed by atoms with van der Waals surface area (Å²) < 4.78 is 15.0. The SMILES string of the molecule is COc1ccc(Cl)cc1NC(=O)CSc1nnc(COc2cc(C)c(Br)cc2C(C)C)n1C1CCCCC1. The van der Waals surface area contributed by atoms with Crippen molar-refractivity contribution in [3.05, 3.63) is 56.8 Å². The number of hydrogen-bond donors (Lipinski definition) is 1. The van der Waals surface area contributed by atoms with Gasteiger partial charge in [-0.15, -0.1) is 10.2 Å². The molecule has 10 heteroatoms. The van der Waals surface area contributed by atoms with E-state index >= 15 is 0 Å². The Labute approximate surface area is 242 Å². The van der Waals surface area contributed by atoms with Gasteiger partial charge in [-0.1, -0.05) is 72.4 Å². The number of carbonyl (C=O) groups is 1. The van der Waals surface area contributed by atoms with Crippen LogP contribution in [0.15, 0.2) is 40.0 Å². The van der Waals surface area contributed by atoms with E-state index in [0.29, 0.717) is 35.0 Å². The number of carbonyl (C=O) groups excluding carboxylic acids is 1. The molecule has 7 nitrogen and oxygen atoms in total. The molecule has 0 bridgehead atoms. The maximum Gasteiger partial charge on any atom is 0.234 e. The number of nitrogens with one attached hydrogen (secondary N) is 1. The van der Waals surface area contributed by atoms with Crippen LogP contribution in [0.2, 0.25) is 5.02 Å². The first-order chi connectivity index (χ1) is 18.3. The summed E-state index contributed by atoms with van der Waals surface area (Å²) in [5.41, 5.74) is 2.81. The fraction of sp³-hybridized carbons (Fsp3) is 0.464. The number of methoxy groups -OCH3 is 1. The molecular weight excluding hydrogens is 588 g/mol. The minimum absolute atomic E-state index is 0.168. The van der Waals surface area contributed by atoms with Gasteiger partial charge >= 0.3 is 0 Å². The molecule has 1 N–H and O–H groups in total. The second-order valence-electron chi connectivity index (χ2n) is 9.82. The number of aryl methyl sites for hydroxylation is 1. The first-order valence-corrected chi connectivity index (χ1v) is 15.0. The van der Waals surface area contributed by atoms with Crippen LogP contribution < -0.4 is 14.8 Å². The molecule has 1 aromatic heterocycles. The number of aromatic nitrogens is 3. The Morgan fingerprint density at radius 2 is 1.95 bits per heavy atom. The van der Waals surface area contributed by atoms with E-state index < -0.39 is 0 Å². The number of benzene rings is 2. The van der Waals surface area contributed by atoms with Gasteiger partial charge in [0.25, 0.3) is 0 Å². The van der Waals surface area contributed by atoms with Crippen molar-refractivity contribution in [1.82, 2.24) is 14.8 Å². The maximum absolute atomic E-state index is 12.8. The first kappa shape index (κ1) is 28.8. The molecule has 1 fully saturated rings. The van der Waals surface area contributed by atoms with E-state index in [-0.39, 0.29) is 11.7 Å². The number of halogens is 2. The lowest BCUT2D eigenvalue weighted by atomic mass is 9.95. The topological polar surface area (TPSA) is 78.3 Å². The van der Waals surface area contributed by atoms with Gasteiger partial charge in [-0.25, -0.2) is 0 Å². The summed E-state index contributed by atoms with van der Waals surface area (Å²) in [5, 5.41) is 13.2. The number of ether oxygens (including phenoxy) is 2. The van der Waals surface area contributed by atoms with Crippen LogP contribution in [0.3, 0.4) is 0 Å². The zero-order valence-electron chi connectivity index (χ0n) is 22.2. The van der Waals surface area contributed by atoms with Crippen LogP contribution in [0.25, 0.3) is 0 Å². The molecular formula is C28H34BrClN4O3S. The number of hydrogen-bond acceptors (Lipinski definition) is 6. The van der Waals surface area contributed by atoms with Crippen molar-refractivity contribution in [3.63, 3.8) is 0 Å². The van der Waals surface area contributed by atoms with Crippen molar-refractivity contribution in [1.29, 1.82) is 0 Å². The highest BCUT2D eigenvalue weighted by atomic mass is 79.9. The van der Waals surface area contributed by atoms with Gasteiger partial charge in [0.15, 0.2) is 11.0 Å². The number of nitrogens with zero attached hydrogens (tertiary/aromatic N) is 3. The Balaban J connectivity index is 1.51. The van der Waals surface area contributed by atoms with Gasteiger partial charge in [-0.2, -0.15) is 0 Å². The zero-order valence-corrected chi connectivity index (χ0v) is 25.4. The lowest BCUT2D eigenvalue weighted by Crippen LogP contribution is -2.19. The summed E-state index contributed by atoms with van der Waals surface area (Å²) >= 11 is 11.1. The van der Waals surface area contributed by atoms with E-state index in [9.17, 15) is 4.79 Å².